The zero-order valence-electron chi connectivity index (χ0n) is 14.8. The van der Waals surface area contributed by atoms with Gasteiger partial charge in [-0.05, 0) is 31.4 Å². The number of allylic oxidation sites excluding steroid dienone is 1. The molecule has 0 bridgehead atoms. The predicted molar refractivity (Wildman–Crippen MR) is 95.3 cm³/mol. The van der Waals surface area contributed by atoms with E-state index < -0.39 is 15.9 Å². The van der Waals surface area contributed by atoms with Gasteiger partial charge >= 0.3 is 0 Å². The molecule has 1 aromatic rings. The van der Waals surface area contributed by atoms with Crippen molar-refractivity contribution in [3.8, 4) is 11.5 Å². The van der Waals surface area contributed by atoms with Crippen LogP contribution in [0.5, 0.6) is 11.5 Å². The summed E-state index contributed by atoms with van der Waals surface area (Å²) in [4.78, 5) is 14.3. The minimum absolute atomic E-state index is 0.156. The molecule has 0 aliphatic carbocycles. The summed E-state index contributed by atoms with van der Waals surface area (Å²) in [5.41, 5.74) is 1.55. The minimum atomic E-state index is -3.92. The number of hydrogen-bond acceptors (Lipinski definition) is 5. The second-order valence-corrected chi connectivity index (χ2v) is 8.06. The molecule has 0 atom stereocenters. The van der Waals surface area contributed by atoms with E-state index >= 15 is 0 Å². The van der Waals surface area contributed by atoms with Crippen molar-refractivity contribution in [1.29, 1.82) is 0 Å². The van der Waals surface area contributed by atoms with E-state index in [-0.39, 0.29) is 4.91 Å². The summed E-state index contributed by atoms with van der Waals surface area (Å²) in [5, 5.41) is 0. The van der Waals surface area contributed by atoms with E-state index in [1.54, 1.807) is 24.0 Å². The number of carbonyl (C=O) groups excluding carboxylic acids is 1. The number of rotatable bonds is 3. The van der Waals surface area contributed by atoms with Crippen LogP contribution in [0.4, 0.5) is 5.69 Å². The normalized spacial score (nSPS) is 19.0. The van der Waals surface area contributed by atoms with Gasteiger partial charge in [0.25, 0.3) is 15.9 Å². The van der Waals surface area contributed by atoms with Gasteiger partial charge in [0, 0.05) is 31.8 Å². The highest BCUT2D eigenvalue weighted by Gasteiger charge is 2.40. The molecule has 0 radical (unpaired) electrons. The summed E-state index contributed by atoms with van der Waals surface area (Å²) in [7, 11) is 0.537. The maximum atomic E-state index is 13.0. The van der Waals surface area contributed by atoms with E-state index in [0.717, 1.165) is 17.1 Å². The van der Waals surface area contributed by atoms with Crippen molar-refractivity contribution >= 4 is 27.2 Å². The third-order valence-electron chi connectivity index (χ3n) is 4.79. The fourth-order valence-corrected chi connectivity index (χ4v) is 4.88. The van der Waals surface area contributed by atoms with Crippen molar-refractivity contribution in [3.05, 3.63) is 22.6 Å². The first-order valence-electron chi connectivity index (χ1n) is 8.08. The molecule has 1 saturated heterocycles. The molecule has 0 saturated carbocycles. The lowest BCUT2D eigenvalue weighted by atomic mass is 10.0. The summed E-state index contributed by atoms with van der Waals surface area (Å²) in [6.07, 6.45) is 1.80. The second kappa shape index (κ2) is 6.25. The topological polar surface area (TPSA) is 76.1 Å². The lowest BCUT2D eigenvalue weighted by Crippen LogP contribution is -2.40. The monoisotopic (exact) mass is 366 g/mol. The summed E-state index contributed by atoms with van der Waals surface area (Å²) in [6, 6.07) is 3.33. The van der Waals surface area contributed by atoms with Crippen LogP contribution in [0, 0.1) is 0 Å². The number of methoxy groups -OCH3 is 2. The highest BCUT2D eigenvalue weighted by Crippen LogP contribution is 2.44. The molecule has 0 aromatic heterocycles. The quantitative estimate of drug-likeness (QED) is 0.816. The van der Waals surface area contributed by atoms with E-state index in [9.17, 15) is 13.2 Å². The summed E-state index contributed by atoms with van der Waals surface area (Å²) < 4.78 is 37.7. The van der Waals surface area contributed by atoms with Crippen molar-refractivity contribution in [3.63, 3.8) is 0 Å². The van der Waals surface area contributed by atoms with Crippen molar-refractivity contribution < 1.29 is 22.7 Å². The highest BCUT2D eigenvalue weighted by molar-refractivity contribution is 7.97. The Bertz CT molecular complexity index is 854. The van der Waals surface area contributed by atoms with Crippen molar-refractivity contribution in [2.45, 2.75) is 19.8 Å². The molecule has 2 aliphatic rings. The summed E-state index contributed by atoms with van der Waals surface area (Å²) in [5.74, 6) is 0.494. The van der Waals surface area contributed by atoms with Gasteiger partial charge in [-0.1, -0.05) is 0 Å². The minimum Gasteiger partial charge on any atom is -0.493 e. The van der Waals surface area contributed by atoms with Gasteiger partial charge in [-0.3, -0.25) is 9.10 Å². The SMILES string of the molecule is COc1cc2c(cc1OC)N(C)S(=O)(=O)C(C(=O)N1CCCC1)=C2C. The molecule has 136 valence electrons. The molecule has 2 aliphatic heterocycles. The first-order valence-corrected chi connectivity index (χ1v) is 9.52. The molecule has 0 N–H and O–H groups in total. The number of fused-ring (bicyclic) bond motifs is 1. The van der Waals surface area contributed by atoms with Crippen LogP contribution in [0.1, 0.15) is 25.3 Å². The van der Waals surface area contributed by atoms with Crippen molar-refractivity contribution in [2.24, 2.45) is 0 Å². The predicted octanol–water partition coefficient (Wildman–Crippen LogP) is 1.84. The van der Waals surface area contributed by atoms with Crippen LogP contribution in [0.25, 0.3) is 5.57 Å². The molecule has 0 unspecified atom stereocenters. The highest BCUT2D eigenvalue weighted by atomic mass is 32.2. The number of anilines is 1. The van der Waals surface area contributed by atoms with E-state index in [4.69, 9.17) is 9.47 Å². The molecule has 1 amide bonds. The second-order valence-electron chi connectivity index (χ2n) is 6.15. The number of ether oxygens (including phenoxy) is 2. The average Bonchev–Trinajstić information content (AvgIpc) is 3.13. The Labute approximate surface area is 147 Å². The Hall–Kier alpha value is -2.22. The van der Waals surface area contributed by atoms with Crippen LogP contribution in [-0.2, 0) is 14.8 Å². The van der Waals surface area contributed by atoms with Crippen LogP contribution in [-0.4, -0.2) is 53.6 Å². The fourth-order valence-electron chi connectivity index (χ4n) is 3.35. The fraction of sp³-hybridized carbons (Fsp3) is 0.471. The lowest BCUT2D eigenvalue weighted by molar-refractivity contribution is -0.125. The van der Waals surface area contributed by atoms with Gasteiger partial charge < -0.3 is 14.4 Å². The van der Waals surface area contributed by atoms with Crippen LogP contribution >= 0.6 is 0 Å². The standard InChI is InChI=1S/C17H22N2O5S/c1-11-12-9-14(23-3)15(24-4)10-13(12)18(2)25(21,22)16(11)17(20)19-7-5-6-8-19/h9-10H,5-8H2,1-4H3. The first-order chi connectivity index (χ1) is 11.8. The molecular weight excluding hydrogens is 344 g/mol. The Kier molecular flexibility index (Phi) is 4.40. The molecular formula is C17H22N2O5S. The van der Waals surface area contributed by atoms with Gasteiger partial charge in [0.05, 0.1) is 19.9 Å². The Morgan fingerprint density at radius 2 is 1.64 bits per heavy atom. The number of hydrogen-bond donors (Lipinski definition) is 0. The van der Waals surface area contributed by atoms with Gasteiger partial charge in [-0.2, -0.15) is 0 Å². The molecule has 3 rings (SSSR count). The van der Waals surface area contributed by atoms with Crippen LogP contribution in [0.3, 0.4) is 0 Å². The van der Waals surface area contributed by atoms with E-state index in [0.29, 0.717) is 41.4 Å². The van der Waals surface area contributed by atoms with Gasteiger partial charge in [0.15, 0.2) is 16.4 Å². The maximum absolute atomic E-state index is 13.0. The molecule has 1 fully saturated rings. The van der Waals surface area contributed by atoms with E-state index in [1.807, 2.05) is 0 Å². The molecule has 8 heteroatoms. The number of sulfonamides is 1. The van der Waals surface area contributed by atoms with Crippen molar-refractivity contribution in [2.75, 3.05) is 38.7 Å². The van der Waals surface area contributed by atoms with Crippen LogP contribution in [0.15, 0.2) is 17.0 Å². The largest absolute Gasteiger partial charge is 0.493 e. The number of carbonyl (C=O) groups is 1. The van der Waals surface area contributed by atoms with Crippen LogP contribution in [0.2, 0.25) is 0 Å². The van der Waals surface area contributed by atoms with Crippen molar-refractivity contribution in [1.82, 2.24) is 4.90 Å². The summed E-state index contributed by atoms with van der Waals surface area (Å²) >= 11 is 0. The molecule has 1 aromatic carbocycles. The lowest BCUT2D eigenvalue weighted by Gasteiger charge is -2.31. The van der Waals surface area contributed by atoms with Gasteiger partial charge in [-0.15, -0.1) is 0 Å². The van der Waals surface area contributed by atoms with E-state index in [2.05, 4.69) is 0 Å². The van der Waals surface area contributed by atoms with E-state index in [1.165, 1.54) is 21.3 Å². The van der Waals surface area contributed by atoms with Crippen LogP contribution < -0.4 is 13.8 Å². The Balaban J connectivity index is 2.23. The number of amides is 1. The first kappa shape index (κ1) is 17.6. The average molecular weight is 366 g/mol. The zero-order valence-corrected chi connectivity index (χ0v) is 15.6. The number of nitrogens with zero attached hydrogens (tertiary/aromatic N) is 2. The molecule has 25 heavy (non-hydrogen) atoms. The third kappa shape index (κ3) is 2.64. The third-order valence-corrected chi connectivity index (χ3v) is 6.71. The zero-order chi connectivity index (χ0) is 18.4. The molecule has 7 nitrogen and oxygen atoms in total. The Morgan fingerprint density at radius 1 is 1.08 bits per heavy atom. The van der Waals surface area contributed by atoms with Gasteiger partial charge in [0.2, 0.25) is 0 Å². The smallest absolute Gasteiger partial charge is 0.269 e. The van der Waals surface area contributed by atoms with Gasteiger partial charge in [-0.25, -0.2) is 8.42 Å². The maximum Gasteiger partial charge on any atom is 0.269 e. The molecule has 0 spiro atoms. The number of benzene rings is 1. The Morgan fingerprint density at radius 3 is 2.20 bits per heavy atom. The summed E-state index contributed by atoms with van der Waals surface area (Å²) in [6.45, 7) is 2.85. The molecule has 2 heterocycles. The number of likely N-dealkylation sites (tertiary alicyclic amines) is 1. The van der Waals surface area contributed by atoms with Gasteiger partial charge in [0.1, 0.15) is 0 Å².